The maximum absolute atomic E-state index is 12.2. The summed E-state index contributed by atoms with van der Waals surface area (Å²) in [6.07, 6.45) is 2.79. The molecule has 0 aromatic rings. The van der Waals surface area contributed by atoms with Crippen molar-refractivity contribution in [2.45, 2.75) is 45.2 Å². The van der Waals surface area contributed by atoms with E-state index in [9.17, 15) is 8.42 Å². The molecule has 0 radical (unpaired) electrons. The maximum atomic E-state index is 12.2. The molecular formula is C13H30N4O2S. The summed E-state index contributed by atoms with van der Waals surface area (Å²) in [5.74, 6) is 0. The fourth-order valence-corrected chi connectivity index (χ4v) is 3.54. The normalized spacial score (nSPS) is 21.8. The summed E-state index contributed by atoms with van der Waals surface area (Å²) >= 11 is 0. The molecule has 1 unspecified atom stereocenters. The summed E-state index contributed by atoms with van der Waals surface area (Å²) in [5, 5.41) is 3.29. The van der Waals surface area contributed by atoms with Crippen LogP contribution in [0.4, 0.5) is 0 Å². The standard InChI is InChI=1S/C13H30N4O2S/c1-12(2)14-8-6-10-17(4)20(18,19)15-13-7-5-9-16(3)11-13/h12-15H,5-11H2,1-4H3. The molecule has 1 saturated heterocycles. The summed E-state index contributed by atoms with van der Waals surface area (Å²) in [6, 6.07) is 0.475. The SMILES string of the molecule is CC(C)NCCCN(C)S(=O)(=O)NC1CCCN(C)C1. The van der Waals surface area contributed by atoms with Gasteiger partial charge in [0, 0.05) is 32.2 Å². The molecule has 0 aliphatic carbocycles. The van der Waals surface area contributed by atoms with E-state index in [1.165, 1.54) is 4.31 Å². The average Bonchev–Trinajstić information content (AvgIpc) is 2.33. The third-order valence-electron chi connectivity index (χ3n) is 3.55. The van der Waals surface area contributed by atoms with Crippen molar-refractivity contribution >= 4 is 10.2 Å². The predicted molar refractivity (Wildman–Crippen MR) is 83.0 cm³/mol. The molecular weight excluding hydrogens is 276 g/mol. The molecule has 0 aromatic carbocycles. The van der Waals surface area contributed by atoms with E-state index in [2.05, 4.69) is 28.8 Å². The average molecular weight is 306 g/mol. The zero-order valence-electron chi connectivity index (χ0n) is 13.2. The van der Waals surface area contributed by atoms with Crippen molar-refractivity contribution in [3.63, 3.8) is 0 Å². The van der Waals surface area contributed by atoms with Crippen LogP contribution in [-0.2, 0) is 10.2 Å². The largest absolute Gasteiger partial charge is 0.314 e. The van der Waals surface area contributed by atoms with Crippen LogP contribution in [0.5, 0.6) is 0 Å². The van der Waals surface area contributed by atoms with Crippen LogP contribution in [0.15, 0.2) is 0 Å². The second-order valence-electron chi connectivity index (χ2n) is 6.01. The number of likely N-dealkylation sites (N-methyl/N-ethyl adjacent to an activating group) is 1. The van der Waals surface area contributed by atoms with Crippen LogP contribution < -0.4 is 10.0 Å². The Labute approximate surface area is 124 Å². The van der Waals surface area contributed by atoms with Gasteiger partial charge in [-0.05, 0) is 39.4 Å². The van der Waals surface area contributed by atoms with Gasteiger partial charge in [-0.1, -0.05) is 13.8 Å². The number of piperidine rings is 1. The number of hydrogen-bond acceptors (Lipinski definition) is 4. The zero-order valence-corrected chi connectivity index (χ0v) is 14.0. The van der Waals surface area contributed by atoms with Crippen molar-refractivity contribution in [3.8, 4) is 0 Å². The topological polar surface area (TPSA) is 64.7 Å². The van der Waals surface area contributed by atoms with Gasteiger partial charge in [0.05, 0.1) is 0 Å². The molecule has 6 nitrogen and oxygen atoms in total. The van der Waals surface area contributed by atoms with E-state index in [1.807, 2.05) is 7.05 Å². The number of rotatable bonds is 8. The van der Waals surface area contributed by atoms with Gasteiger partial charge in [-0.25, -0.2) is 0 Å². The summed E-state index contributed by atoms with van der Waals surface area (Å²) in [6.45, 7) is 7.39. The molecule has 1 atom stereocenters. The molecule has 20 heavy (non-hydrogen) atoms. The van der Waals surface area contributed by atoms with Gasteiger partial charge in [-0.15, -0.1) is 0 Å². The third kappa shape index (κ3) is 6.49. The lowest BCUT2D eigenvalue weighted by atomic mass is 10.1. The van der Waals surface area contributed by atoms with Crippen LogP contribution in [0.1, 0.15) is 33.1 Å². The molecule has 1 heterocycles. The van der Waals surface area contributed by atoms with E-state index >= 15 is 0 Å². The first-order chi connectivity index (χ1) is 9.31. The smallest absolute Gasteiger partial charge is 0.279 e. The molecule has 0 bridgehead atoms. The van der Waals surface area contributed by atoms with Gasteiger partial charge in [-0.2, -0.15) is 17.4 Å². The highest BCUT2D eigenvalue weighted by atomic mass is 32.2. The first kappa shape index (κ1) is 17.8. The van der Waals surface area contributed by atoms with Crippen molar-refractivity contribution in [1.82, 2.24) is 19.2 Å². The van der Waals surface area contributed by atoms with Crippen molar-refractivity contribution in [2.24, 2.45) is 0 Å². The van der Waals surface area contributed by atoms with E-state index in [-0.39, 0.29) is 6.04 Å². The molecule has 1 aliphatic rings. The quantitative estimate of drug-likeness (QED) is 0.630. The molecule has 0 spiro atoms. The lowest BCUT2D eigenvalue weighted by Gasteiger charge is -2.31. The van der Waals surface area contributed by atoms with E-state index < -0.39 is 10.2 Å². The summed E-state index contributed by atoms with van der Waals surface area (Å²) in [7, 11) is 0.317. The minimum atomic E-state index is -3.36. The molecule has 1 fully saturated rings. The number of likely N-dealkylation sites (tertiary alicyclic amines) is 1. The van der Waals surface area contributed by atoms with Gasteiger partial charge in [0.2, 0.25) is 0 Å². The van der Waals surface area contributed by atoms with E-state index in [4.69, 9.17) is 0 Å². The Balaban J connectivity index is 2.34. The first-order valence-corrected chi connectivity index (χ1v) is 8.91. The number of nitrogens with one attached hydrogen (secondary N) is 2. The van der Waals surface area contributed by atoms with Crippen LogP contribution >= 0.6 is 0 Å². The molecule has 7 heteroatoms. The highest BCUT2D eigenvalue weighted by molar-refractivity contribution is 7.87. The summed E-state index contributed by atoms with van der Waals surface area (Å²) < 4.78 is 28.7. The molecule has 1 rings (SSSR count). The Morgan fingerprint density at radius 3 is 2.70 bits per heavy atom. The fourth-order valence-electron chi connectivity index (χ4n) is 2.38. The minimum Gasteiger partial charge on any atom is -0.314 e. The Kier molecular flexibility index (Phi) is 7.39. The van der Waals surface area contributed by atoms with Crippen LogP contribution in [0.25, 0.3) is 0 Å². The lowest BCUT2D eigenvalue weighted by Crippen LogP contribution is -2.50. The van der Waals surface area contributed by atoms with Crippen LogP contribution in [0.3, 0.4) is 0 Å². The van der Waals surface area contributed by atoms with Crippen molar-refractivity contribution in [1.29, 1.82) is 0 Å². The number of hydrogen-bond donors (Lipinski definition) is 2. The van der Waals surface area contributed by atoms with E-state index in [1.54, 1.807) is 7.05 Å². The van der Waals surface area contributed by atoms with Gasteiger partial charge in [-0.3, -0.25) is 0 Å². The van der Waals surface area contributed by atoms with E-state index in [0.717, 1.165) is 38.9 Å². The third-order valence-corrected chi connectivity index (χ3v) is 5.19. The van der Waals surface area contributed by atoms with Gasteiger partial charge >= 0.3 is 0 Å². The van der Waals surface area contributed by atoms with Gasteiger partial charge in [0.15, 0.2) is 0 Å². The maximum Gasteiger partial charge on any atom is 0.279 e. The molecule has 0 saturated carbocycles. The highest BCUT2D eigenvalue weighted by Gasteiger charge is 2.25. The Morgan fingerprint density at radius 2 is 2.10 bits per heavy atom. The molecule has 0 aromatic heterocycles. The second kappa shape index (κ2) is 8.29. The molecule has 0 amide bonds. The summed E-state index contributed by atoms with van der Waals surface area (Å²) in [5.41, 5.74) is 0. The summed E-state index contributed by atoms with van der Waals surface area (Å²) in [4.78, 5) is 2.17. The van der Waals surface area contributed by atoms with Crippen molar-refractivity contribution in [2.75, 3.05) is 40.3 Å². The van der Waals surface area contributed by atoms with Gasteiger partial charge in [0.25, 0.3) is 10.2 Å². The fraction of sp³-hybridized carbons (Fsp3) is 1.00. The highest BCUT2D eigenvalue weighted by Crippen LogP contribution is 2.10. The molecule has 120 valence electrons. The van der Waals surface area contributed by atoms with Crippen LogP contribution in [0.2, 0.25) is 0 Å². The van der Waals surface area contributed by atoms with Crippen LogP contribution in [-0.4, -0.2) is 70.0 Å². The number of nitrogens with zero attached hydrogens (tertiary/aromatic N) is 2. The molecule has 2 N–H and O–H groups in total. The van der Waals surface area contributed by atoms with Gasteiger partial charge < -0.3 is 10.2 Å². The van der Waals surface area contributed by atoms with Crippen LogP contribution in [0, 0.1) is 0 Å². The second-order valence-corrected chi connectivity index (χ2v) is 7.82. The Hall–Kier alpha value is -0.210. The molecule has 1 aliphatic heterocycles. The van der Waals surface area contributed by atoms with Crippen molar-refractivity contribution in [3.05, 3.63) is 0 Å². The van der Waals surface area contributed by atoms with Crippen molar-refractivity contribution < 1.29 is 8.42 Å². The lowest BCUT2D eigenvalue weighted by molar-refractivity contribution is 0.240. The predicted octanol–water partition coefficient (Wildman–Crippen LogP) is 0.235. The van der Waals surface area contributed by atoms with E-state index in [0.29, 0.717) is 12.6 Å². The Bertz CT molecular complexity index is 373. The first-order valence-electron chi connectivity index (χ1n) is 7.47. The monoisotopic (exact) mass is 306 g/mol. The Morgan fingerprint density at radius 1 is 1.40 bits per heavy atom. The minimum absolute atomic E-state index is 0.0370. The van der Waals surface area contributed by atoms with Gasteiger partial charge in [0.1, 0.15) is 0 Å². The zero-order chi connectivity index (χ0) is 15.2.